The van der Waals surface area contributed by atoms with Gasteiger partial charge in [0.25, 0.3) is 0 Å². The predicted molar refractivity (Wildman–Crippen MR) is 68.6 cm³/mol. The number of H-pyrrole nitrogens is 1. The third-order valence-electron chi connectivity index (χ3n) is 2.37. The van der Waals surface area contributed by atoms with Gasteiger partial charge in [-0.15, -0.1) is 11.6 Å². The second-order valence-corrected chi connectivity index (χ2v) is 5.72. The van der Waals surface area contributed by atoms with Gasteiger partial charge in [0.1, 0.15) is 0 Å². The highest BCUT2D eigenvalue weighted by Crippen LogP contribution is 2.13. The first-order valence-electron chi connectivity index (χ1n) is 5.23. The number of rotatable bonds is 5. The molecule has 2 rings (SSSR count). The Kier molecular flexibility index (Phi) is 4.00. The first-order chi connectivity index (χ1) is 8.62. The molecule has 5 nitrogen and oxygen atoms in total. The molecular weight excluding hydrogens is 274 g/mol. The minimum atomic E-state index is -3.53. The van der Waals surface area contributed by atoms with Gasteiger partial charge in [0, 0.05) is 17.8 Å². The maximum atomic E-state index is 12.0. The Morgan fingerprint density at radius 1 is 1.39 bits per heavy atom. The van der Waals surface area contributed by atoms with Crippen LogP contribution in [0.15, 0.2) is 41.7 Å². The third kappa shape index (κ3) is 3.10. The largest absolute Gasteiger partial charge is 0.347 e. The van der Waals surface area contributed by atoms with Gasteiger partial charge in [-0.1, -0.05) is 12.1 Å². The summed E-state index contributed by atoms with van der Waals surface area (Å²) in [6, 6.07) is 6.54. The molecule has 2 aromatic rings. The Hall–Kier alpha value is -1.37. The van der Waals surface area contributed by atoms with Crippen molar-refractivity contribution in [2.24, 2.45) is 0 Å². The fourth-order valence-electron chi connectivity index (χ4n) is 1.43. The van der Waals surface area contributed by atoms with Gasteiger partial charge in [-0.2, -0.15) is 0 Å². The lowest BCUT2D eigenvalue weighted by Crippen LogP contribution is -2.23. The zero-order valence-corrected chi connectivity index (χ0v) is 11.0. The normalized spacial score (nSPS) is 11.6. The van der Waals surface area contributed by atoms with E-state index in [0.29, 0.717) is 5.69 Å². The highest BCUT2D eigenvalue weighted by molar-refractivity contribution is 7.89. The second kappa shape index (κ2) is 5.51. The van der Waals surface area contributed by atoms with E-state index < -0.39 is 10.0 Å². The van der Waals surface area contributed by atoms with Gasteiger partial charge in [0.05, 0.1) is 17.8 Å². The molecular formula is C11H12ClN3O2S. The summed E-state index contributed by atoms with van der Waals surface area (Å²) in [5.74, 6) is 0.282. The van der Waals surface area contributed by atoms with E-state index >= 15 is 0 Å². The molecule has 7 heteroatoms. The summed E-state index contributed by atoms with van der Waals surface area (Å²) < 4.78 is 26.5. The van der Waals surface area contributed by atoms with E-state index in [1.807, 2.05) is 0 Å². The lowest BCUT2D eigenvalue weighted by atomic mass is 10.2. The van der Waals surface area contributed by atoms with E-state index in [1.165, 1.54) is 12.4 Å². The van der Waals surface area contributed by atoms with E-state index in [1.54, 1.807) is 24.4 Å². The minimum Gasteiger partial charge on any atom is -0.347 e. The molecule has 96 valence electrons. The number of benzene rings is 1. The fraction of sp³-hybridized carbons (Fsp3) is 0.182. The van der Waals surface area contributed by atoms with Crippen LogP contribution in [0.25, 0.3) is 0 Å². The summed E-state index contributed by atoms with van der Waals surface area (Å²) in [6.45, 7) is 0.174. The summed E-state index contributed by atoms with van der Waals surface area (Å²) in [5.41, 5.74) is 1.47. The van der Waals surface area contributed by atoms with Crippen LogP contribution in [0.1, 0.15) is 11.3 Å². The number of hydrogen-bond acceptors (Lipinski definition) is 3. The van der Waals surface area contributed by atoms with Crippen LogP contribution < -0.4 is 4.72 Å². The van der Waals surface area contributed by atoms with Crippen molar-refractivity contribution in [3.8, 4) is 0 Å². The number of aromatic nitrogens is 2. The van der Waals surface area contributed by atoms with E-state index in [2.05, 4.69) is 14.7 Å². The molecule has 0 spiro atoms. The Morgan fingerprint density at radius 2 is 2.22 bits per heavy atom. The zero-order valence-electron chi connectivity index (χ0n) is 9.43. The Balaban J connectivity index is 2.14. The van der Waals surface area contributed by atoms with Crippen LogP contribution in [0.2, 0.25) is 0 Å². The molecule has 0 aliphatic heterocycles. The molecule has 0 atom stereocenters. The SMILES string of the molecule is O=S(=O)(NCc1cnc[nH]1)c1cccc(CCl)c1. The quantitative estimate of drug-likeness (QED) is 0.820. The third-order valence-corrected chi connectivity index (χ3v) is 4.08. The van der Waals surface area contributed by atoms with Crippen molar-refractivity contribution in [1.82, 2.24) is 14.7 Å². The molecule has 0 saturated carbocycles. The highest BCUT2D eigenvalue weighted by Gasteiger charge is 2.14. The van der Waals surface area contributed by atoms with Crippen LogP contribution in [0.4, 0.5) is 0 Å². The van der Waals surface area contributed by atoms with Crippen molar-refractivity contribution in [1.29, 1.82) is 0 Å². The topological polar surface area (TPSA) is 74.8 Å². The van der Waals surface area contributed by atoms with Crippen molar-refractivity contribution in [2.75, 3.05) is 0 Å². The number of hydrogen-bond donors (Lipinski definition) is 2. The molecule has 0 aliphatic carbocycles. The number of alkyl halides is 1. The fourth-order valence-corrected chi connectivity index (χ4v) is 2.68. The highest BCUT2D eigenvalue weighted by atomic mass is 35.5. The summed E-state index contributed by atoms with van der Waals surface area (Å²) in [4.78, 5) is 6.85. The van der Waals surface area contributed by atoms with E-state index in [0.717, 1.165) is 5.56 Å². The average Bonchev–Trinajstić information content (AvgIpc) is 2.90. The van der Waals surface area contributed by atoms with Gasteiger partial charge in [0.2, 0.25) is 10.0 Å². The lowest BCUT2D eigenvalue weighted by molar-refractivity contribution is 0.580. The van der Waals surface area contributed by atoms with E-state index in [9.17, 15) is 8.42 Å². The molecule has 0 unspecified atom stereocenters. The summed E-state index contributed by atoms with van der Waals surface area (Å²) in [6.07, 6.45) is 3.06. The number of imidazole rings is 1. The standard InChI is InChI=1S/C11H12ClN3O2S/c12-5-9-2-1-3-11(4-9)18(16,17)15-7-10-6-13-8-14-10/h1-4,6,8,15H,5,7H2,(H,13,14). The van der Waals surface area contributed by atoms with Crippen molar-refractivity contribution < 1.29 is 8.42 Å². The number of aromatic amines is 1. The Bertz CT molecular complexity index is 611. The first kappa shape index (κ1) is 13.1. The van der Waals surface area contributed by atoms with Gasteiger partial charge >= 0.3 is 0 Å². The molecule has 0 radical (unpaired) electrons. The number of nitrogens with one attached hydrogen (secondary N) is 2. The summed E-state index contributed by atoms with van der Waals surface area (Å²) in [5, 5.41) is 0. The van der Waals surface area contributed by atoms with Crippen molar-refractivity contribution in [3.05, 3.63) is 48.0 Å². The first-order valence-corrected chi connectivity index (χ1v) is 7.25. The predicted octanol–water partition coefficient (Wildman–Crippen LogP) is 1.63. The summed E-state index contributed by atoms with van der Waals surface area (Å²) in [7, 11) is -3.53. The van der Waals surface area contributed by atoms with Gasteiger partial charge in [0.15, 0.2) is 0 Å². The Labute approximate surface area is 110 Å². The van der Waals surface area contributed by atoms with Gasteiger partial charge in [-0.25, -0.2) is 18.1 Å². The van der Waals surface area contributed by atoms with Crippen LogP contribution in [-0.4, -0.2) is 18.4 Å². The van der Waals surface area contributed by atoms with Crippen LogP contribution >= 0.6 is 11.6 Å². The molecule has 2 N–H and O–H groups in total. The molecule has 0 fully saturated rings. The number of nitrogens with zero attached hydrogens (tertiary/aromatic N) is 1. The number of halogens is 1. The Morgan fingerprint density at radius 3 is 2.89 bits per heavy atom. The van der Waals surface area contributed by atoms with Crippen molar-refractivity contribution in [3.63, 3.8) is 0 Å². The van der Waals surface area contributed by atoms with E-state index in [4.69, 9.17) is 11.6 Å². The van der Waals surface area contributed by atoms with Crippen molar-refractivity contribution >= 4 is 21.6 Å². The smallest absolute Gasteiger partial charge is 0.240 e. The van der Waals surface area contributed by atoms with Gasteiger partial charge in [-0.3, -0.25) is 0 Å². The molecule has 0 bridgehead atoms. The van der Waals surface area contributed by atoms with Gasteiger partial charge < -0.3 is 4.98 Å². The molecule has 18 heavy (non-hydrogen) atoms. The lowest BCUT2D eigenvalue weighted by Gasteiger charge is -2.06. The maximum Gasteiger partial charge on any atom is 0.240 e. The molecule has 0 saturated heterocycles. The van der Waals surface area contributed by atoms with Crippen molar-refractivity contribution in [2.45, 2.75) is 17.3 Å². The molecule has 1 aromatic heterocycles. The minimum absolute atomic E-state index is 0.174. The van der Waals surface area contributed by atoms with Crippen LogP contribution in [0.3, 0.4) is 0 Å². The molecule has 0 aliphatic rings. The second-order valence-electron chi connectivity index (χ2n) is 3.68. The monoisotopic (exact) mass is 285 g/mol. The summed E-state index contributed by atoms with van der Waals surface area (Å²) >= 11 is 5.68. The zero-order chi connectivity index (χ0) is 13.0. The number of sulfonamides is 1. The average molecular weight is 286 g/mol. The van der Waals surface area contributed by atoms with E-state index in [-0.39, 0.29) is 17.3 Å². The molecule has 1 aromatic carbocycles. The van der Waals surface area contributed by atoms with Gasteiger partial charge in [-0.05, 0) is 17.7 Å². The van der Waals surface area contributed by atoms with Crippen LogP contribution in [-0.2, 0) is 22.4 Å². The van der Waals surface area contributed by atoms with Crippen LogP contribution in [0.5, 0.6) is 0 Å². The maximum absolute atomic E-state index is 12.0. The van der Waals surface area contributed by atoms with Crippen LogP contribution in [0, 0.1) is 0 Å². The molecule has 0 amide bonds. The molecule has 1 heterocycles.